The number of benzene rings is 1. The van der Waals surface area contributed by atoms with Crippen LogP contribution in [0.4, 0.5) is 5.69 Å². The van der Waals surface area contributed by atoms with Gasteiger partial charge in [-0.05, 0) is 55.4 Å². The molecule has 104 valence electrons. The summed E-state index contributed by atoms with van der Waals surface area (Å²) in [5.41, 5.74) is 2.73. The van der Waals surface area contributed by atoms with E-state index in [0.717, 1.165) is 23.5 Å². The molecule has 0 aromatic heterocycles. The summed E-state index contributed by atoms with van der Waals surface area (Å²) in [6.45, 7) is 5.67. The molecule has 1 heterocycles. The van der Waals surface area contributed by atoms with Gasteiger partial charge in [0.15, 0.2) is 0 Å². The average Bonchev–Trinajstić information content (AvgIpc) is 3.22. The van der Waals surface area contributed by atoms with Gasteiger partial charge in [0.1, 0.15) is 0 Å². The molecule has 1 aliphatic heterocycles. The molecular formula is C16H23ClN2. The maximum atomic E-state index is 6.16. The van der Waals surface area contributed by atoms with E-state index in [0.29, 0.717) is 0 Å². The van der Waals surface area contributed by atoms with Crippen LogP contribution in [0.3, 0.4) is 0 Å². The quantitative estimate of drug-likeness (QED) is 0.900. The summed E-state index contributed by atoms with van der Waals surface area (Å²) < 4.78 is 0. The van der Waals surface area contributed by atoms with Crippen LogP contribution in [0.15, 0.2) is 18.2 Å². The molecule has 2 aliphatic rings. The summed E-state index contributed by atoms with van der Waals surface area (Å²) in [7, 11) is 0. The fraction of sp³-hybridized carbons (Fsp3) is 0.625. The Morgan fingerprint density at radius 1 is 1.21 bits per heavy atom. The zero-order chi connectivity index (χ0) is 13.2. The van der Waals surface area contributed by atoms with Crippen molar-refractivity contribution in [3.63, 3.8) is 0 Å². The zero-order valence-electron chi connectivity index (χ0n) is 11.7. The Morgan fingerprint density at radius 3 is 2.63 bits per heavy atom. The summed E-state index contributed by atoms with van der Waals surface area (Å²) >= 11 is 6.16. The van der Waals surface area contributed by atoms with Gasteiger partial charge < -0.3 is 10.2 Å². The lowest BCUT2D eigenvalue weighted by Gasteiger charge is -2.33. The highest BCUT2D eigenvalue weighted by atomic mass is 35.5. The number of piperidine rings is 1. The van der Waals surface area contributed by atoms with Gasteiger partial charge in [0.05, 0.1) is 0 Å². The van der Waals surface area contributed by atoms with Gasteiger partial charge in [0.2, 0.25) is 0 Å². The Balaban J connectivity index is 1.74. The lowest BCUT2D eigenvalue weighted by Crippen LogP contribution is -2.34. The third kappa shape index (κ3) is 3.43. The van der Waals surface area contributed by atoms with Crippen molar-refractivity contribution in [2.75, 3.05) is 18.0 Å². The van der Waals surface area contributed by atoms with E-state index in [1.807, 2.05) is 6.07 Å². The van der Waals surface area contributed by atoms with Crippen LogP contribution < -0.4 is 10.2 Å². The number of rotatable bonds is 4. The molecule has 0 atom stereocenters. The molecule has 0 unspecified atom stereocenters. The van der Waals surface area contributed by atoms with Gasteiger partial charge in [-0.15, -0.1) is 0 Å². The van der Waals surface area contributed by atoms with Crippen LogP contribution in [0.2, 0.25) is 5.02 Å². The predicted molar refractivity (Wildman–Crippen MR) is 81.9 cm³/mol. The topological polar surface area (TPSA) is 15.3 Å². The maximum absolute atomic E-state index is 6.16. The van der Waals surface area contributed by atoms with Crippen LogP contribution in [0.1, 0.15) is 38.2 Å². The summed E-state index contributed by atoms with van der Waals surface area (Å²) in [5, 5.41) is 4.45. The molecule has 2 nitrogen and oxygen atoms in total. The molecule has 1 N–H and O–H groups in total. The van der Waals surface area contributed by atoms with Crippen LogP contribution in [0.5, 0.6) is 0 Å². The van der Waals surface area contributed by atoms with Gasteiger partial charge in [-0.3, -0.25) is 0 Å². The van der Waals surface area contributed by atoms with Crippen molar-refractivity contribution in [2.24, 2.45) is 5.92 Å². The van der Waals surface area contributed by atoms with Crippen LogP contribution in [0.25, 0.3) is 0 Å². The Kier molecular flexibility index (Phi) is 3.99. The number of nitrogens with one attached hydrogen (secondary N) is 1. The van der Waals surface area contributed by atoms with E-state index in [2.05, 4.69) is 29.3 Å². The monoisotopic (exact) mass is 278 g/mol. The normalized spacial score (nSPS) is 20.8. The highest BCUT2D eigenvalue weighted by Gasteiger charge is 2.22. The Hall–Kier alpha value is -0.730. The molecule has 1 aliphatic carbocycles. The molecule has 1 saturated heterocycles. The van der Waals surface area contributed by atoms with Crippen molar-refractivity contribution in [2.45, 2.75) is 45.2 Å². The molecule has 0 spiro atoms. The molecule has 0 amide bonds. The second kappa shape index (κ2) is 5.72. The molecule has 2 fully saturated rings. The van der Waals surface area contributed by atoms with Gasteiger partial charge in [-0.2, -0.15) is 0 Å². The van der Waals surface area contributed by atoms with Gasteiger partial charge in [0.25, 0.3) is 0 Å². The Morgan fingerprint density at radius 2 is 1.95 bits per heavy atom. The van der Waals surface area contributed by atoms with Crippen LogP contribution >= 0.6 is 11.6 Å². The molecule has 0 radical (unpaired) electrons. The van der Waals surface area contributed by atoms with Gasteiger partial charge in [0, 0.05) is 36.4 Å². The van der Waals surface area contributed by atoms with Gasteiger partial charge >= 0.3 is 0 Å². The number of anilines is 1. The molecule has 19 heavy (non-hydrogen) atoms. The van der Waals surface area contributed by atoms with Crippen molar-refractivity contribution in [3.05, 3.63) is 28.8 Å². The van der Waals surface area contributed by atoms with Crippen molar-refractivity contribution < 1.29 is 0 Å². The minimum Gasteiger partial charge on any atom is -0.371 e. The van der Waals surface area contributed by atoms with Crippen molar-refractivity contribution >= 4 is 17.3 Å². The summed E-state index contributed by atoms with van der Waals surface area (Å²) in [5.74, 6) is 0.872. The van der Waals surface area contributed by atoms with E-state index >= 15 is 0 Å². The third-order valence-corrected chi connectivity index (χ3v) is 4.56. The molecule has 1 aromatic carbocycles. The van der Waals surface area contributed by atoms with E-state index in [-0.39, 0.29) is 0 Å². The number of nitrogens with zero attached hydrogens (tertiary/aromatic N) is 1. The number of halogens is 1. The van der Waals surface area contributed by atoms with Gasteiger partial charge in [-0.25, -0.2) is 0 Å². The van der Waals surface area contributed by atoms with Crippen LogP contribution in [-0.2, 0) is 6.54 Å². The highest BCUT2D eigenvalue weighted by Crippen LogP contribution is 2.29. The first kappa shape index (κ1) is 13.3. The first-order valence-electron chi connectivity index (χ1n) is 7.49. The van der Waals surface area contributed by atoms with Crippen molar-refractivity contribution in [1.82, 2.24) is 5.32 Å². The first-order valence-corrected chi connectivity index (χ1v) is 7.87. The number of hydrogen-bond acceptors (Lipinski definition) is 2. The number of hydrogen-bond donors (Lipinski definition) is 1. The fourth-order valence-electron chi connectivity index (χ4n) is 2.80. The smallest absolute Gasteiger partial charge is 0.0412 e. The predicted octanol–water partition coefficient (Wildman–Crippen LogP) is 3.83. The second-order valence-electron chi connectivity index (χ2n) is 6.10. The van der Waals surface area contributed by atoms with Crippen LogP contribution in [-0.4, -0.2) is 19.1 Å². The average molecular weight is 279 g/mol. The molecule has 1 saturated carbocycles. The molecular weight excluding hydrogens is 256 g/mol. The Bertz CT molecular complexity index is 434. The lowest BCUT2D eigenvalue weighted by atomic mass is 9.98. The third-order valence-electron chi connectivity index (χ3n) is 4.32. The van der Waals surface area contributed by atoms with E-state index in [9.17, 15) is 0 Å². The molecule has 1 aromatic rings. The van der Waals surface area contributed by atoms with E-state index in [4.69, 9.17) is 11.6 Å². The minimum atomic E-state index is 0.744. The standard InChI is InChI=1S/C16H23ClN2/c1-12-6-8-19(9-7-12)16-5-2-14(17)10-13(16)11-18-15-3-4-15/h2,5,10,12,15,18H,3-4,6-9,11H2,1H3. The maximum Gasteiger partial charge on any atom is 0.0412 e. The Labute approximate surface area is 121 Å². The van der Waals surface area contributed by atoms with Crippen molar-refractivity contribution in [1.29, 1.82) is 0 Å². The second-order valence-corrected chi connectivity index (χ2v) is 6.53. The summed E-state index contributed by atoms with van der Waals surface area (Å²) in [4.78, 5) is 2.53. The first-order chi connectivity index (χ1) is 9.22. The zero-order valence-corrected chi connectivity index (χ0v) is 12.4. The van der Waals surface area contributed by atoms with E-state index < -0.39 is 0 Å². The fourth-order valence-corrected chi connectivity index (χ4v) is 2.99. The highest BCUT2D eigenvalue weighted by molar-refractivity contribution is 6.30. The van der Waals surface area contributed by atoms with E-state index in [1.165, 1.54) is 50.0 Å². The molecule has 0 bridgehead atoms. The van der Waals surface area contributed by atoms with Crippen molar-refractivity contribution in [3.8, 4) is 0 Å². The minimum absolute atomic E-state index is 0.744. The molecule has 3 rings (SSSR count). The van der Waals surface area contributed by atoms with E-state index in [1.54, 1.807) is 0 Å². The SMILES string of the molecule is CC1CCN(c2ccc(Cl)cc2CNC2CC2)CC1. The lowest BCUT2D eigenvalue weighted by molar-refractivity contribution is 0.437. The summed E-state index contributed by atoms with van der Waals surface area (Å²) in [6.07, 6.45) is 5.27. The summed E-state index contributed by atoms with van der Waals surface area (Å²) in [6, 6.07) is 7.09. The molecule has 3 heteroatoms. The largest absolute Gasteiger partial charge is 0.371 e. The van der Waals surface area contributed by atoms with Crippen LogP contribution in [0, 0.1) is 5.92 Å². The van der Waals surface area contributed by atoms with Gasteiger partial charge in [-0.1, -0.05) is 18.5 Å².